The molecule has 0 aromatic carbocycles. The molecule has 1 aromatic heterocycles. The molecule has 5 rings (SSSR count). The second kappa shape index (κ2) is 8.65. The van der Waals surface area contributed by atoms with E-state index in [2.05, 4.69) is 10.3 Å². The Bertz CT molecular complexity index is 889. The Labute approximate surface area is 199 Å². The lowest BCUT2D eigenvalue weighted by molar-refractivity contribution is -0.204. The highest BCUT2D eigenvalue weighted by atomic mass is 32.1. The molecule has 3 saturated heterocycles. The first-order chi connectivity index (χ1) is 16.0. The summed E-state index contributed by atoms with van der Waals surface area (Å²) in [5.74, 6) is -3.06. The molecule has 1 saturated carbocycles. The Morgan fingerprint density at radius 2 is 1.76 bits per heavy atom. The molecule has 5 nitrogen and oxygen atoms in total. The summed E-state index contributed by atoms with van der Waals surface area (Å²) in [5.41, 5.74) is -1.77. The summed E-state index contributed by atoms with van der Waals surface area (Å²) in [6.07, 6.45) is -2.65. The predicted octanol–water partition coefficient (Wildman–Crippen LogP) is 4.77. The first-order valence-corrected chi connectivity index (χ1v) is 13.0. The smallest absolute Gasteiger partial charge is 0.373 e. The summed E-state index contributed by atoms with van der Waals surface area (Å²) >= 11 is 0.973. The fourth-order valence-electron chi connectivity index (χ4n) is 5.82. The van der Waals surface area contributed by atoms with Gasteiger partial charge in [-0.05, 0) is 38.5 Å². The van der Waals surface area contributed by atoms with Crippen LogP contribution in [0.4, 0.5) is 22.0 Å². The van der Waals surface area contributed by atoms with E-state index in [1.165, 1.54) is 0 Å². The van der Waals surface area contributed by atoms with Crippen molar-refractivity contribution in [3.63, 3.8) is 0 Å². The Morgan fingerprint density at radius 1 is 1.09 bits per heavy atom. The third-order valence-electron chi connectivity index (χ3n) is 8.36. The van der Waals surface area contributed by atoms with Crippen LogP contribution in [0.3, 0.4) is 0 Å². The molecule has 0 radical (unpaired) electrons. The highest BCUT2D eigenvalue weighted by Gasteiger charge is 2.59. The van der Waals surface area contributed by atoms with Crippen molar-refractivity contribution in [3.8, 4) is 0 Å². The number of rotatable bonds is 3. The van der Waals surface area contributed by atoms with Crippen LogP contribution in [0.25, 0.3) is 0 Å². The lowest BCUT2D eigenvalue weighted by Gasteiger charge is -2.48. The van der Waals surface area contributed by atoms with Crippen molar-refractivity contribution in [2.45, 2.75) is 92.9 Å². The first kappa shape index (κ1) is 24.4. The van der Waals surface area contributed by atoms with Gasteiger partial charge in [0.2, 0.25) is 11.8 Å². The number of halogens is 5. The molecule has 4 fully saturated rings. The van der Waals surface area contributed by atoms with Crippen molar-refractivity contribution in [1.82, 2.24) is 15.2 Å². The summed E-state index contributed by atoms with van der Waals surface area (Å²) in [7, 11) is 0. The molecule has 1 amide bonds. The van der Waals surface area contributed by atoms with Gasteiger partial charge < -0.3 is 15.0 Å². The monoisotopic (exact) mass is 507 g/mol. The van der Waals surface area contributed by atoms with Crippen LogP contribution in [0.1, 0.15) is 74.4 Å². The Morgan fingerprint density at radius 3 is 2.29 bits per heavy atom. The maximum atomic E-state index is 14.4. The molecule has 1 aliphatic carbocycles. The normalized spacial score (nSPS) is 31.9. The number of nitrogens with one attached hydrogen (secondary N) is 1. The van der Waals surface area contributed by atoms with Crippen molar-refractivity contribution in [2.75, 3.05) is 26.2 Å². The average molecular weight is 508 g/mol. The van der Waals surface area contributed by atoms with E-state index in [0.717, 1.165) is 30.8 Å². The minimum absolute atomic E-state index is 0.000650. The number of hydrogen-bond donors (Lipinski definition) is 1. The number of aromatic nitrogens is 1. The molecule has 4 aliphatic rings. The van der Waals surface area contributed by atoms with E-state index in [1.807, 2.05) is 0 Å². The third kappa shape index (κ3) is 4.36. The van der Waals surface area contributed by atoms with Gasteiger partial charge in [-0.25, -0.2) is 13.8 Å². The molecule has 4 heterocycles. The number of hydrogen-bond acceptors (Lipinski definition) is 5. The summed E-state index contributed by atoms with van der Waals surface area (Å²) in [6, 6.07) is -0.385. The van der Waals surface area contributed by atoms with Gasteiger partial charge in [-0.2, -0.15) is 13.2 Å². The second-order valence-electron chi connectivity index (χ2n) is 10.4. The summed E-state index contributed by atoms with van der Waals surface area (Å²) in [4.78, 5) is 18.9. The summed E-state index contributed by atoms with van der Waals surface area (Å²) in [6.45, 7) is 1.36. The average Bonchev–Trinajstić information content (AvgIpc) is 3.27. The van der Waals surface area contributed by atoms with Crippen LogP contribution >= 0.6 is 11.3 Å². The fraction of sp³-hybridized carbons (Fsp3) is 0.826. The lowest BCUT2D eigenvalue weighted by atomic mass is 9.77. The van der Waals surface area contributed by atoms with Gasteiger partial charge in [0.1, 0.15) is 10.4 Å². The number of thiazole rings is 1. The van der Waals surface area contributed by atoms with Crippen LogP contribution in [0, 0.1) is 0 Å². The number of amides is 1. The van der Waals surface area contributed by atoms with Gasteiger partial charge in [-0.15, -0.1) is 11.3 Å². The largest absolute Gasteiger partial charge is 0.400 e. The number of carbonyl (C=O) groups excluding carboxylic acids is 1. The van der Waals surface area contributed by atoms with Crippen LogP contribution < -0.4 is 5.32 Å². The highest BCUT2D eigenvalue weighted by molar-refractivity contribution is 7.09. The molecule has 0 bridgehead atoms. The molecule has 11 heteroatoms. The number of alkyl halides is 5. The third-order valence-corrected chi connectivity index (χ3v) is 9.43. The number of carbonyl (C=O) groups is 1. The van der Waals surface area contributed by atoms with E-state index >= 15 is 0 Å². The van der Waals surface area contributed by atoms with Crippen LogP contribution in [-0.4, -0.2) is 65.8 Å². The van der Waals surface area contributed by atoms with Crippen LogP contribution in [-0.2, 0) is 14.9 Å². The zero-order chi connectivity index (χ0) is 24.2. The molecular formula is C23H30F5N3O2S. The number of likely N-dealkylation sites (tertiary alicyclic amines) is 1. The first-order valence-electron chi connectivity index (χ1n) is 12.1. The van der Waals surface area contributed by atoms with E-state index in [-0.39, 0.29) is 80.1 Å². The fourth-order valence-corrected chi connectivity index (χ4v) is 7.00. The molecular weight excluding hydrogens is 477 g/mol. The molecule has 1 N–H and O–H groups in total. The quantitative estimate of drug-likeness (QED) is 0.599. The number of ether oxygens (including phenoxy) is 1. The van der Waals surface area contributed by atoms with E-state index in [4.69, 9.17) is 4.74 Å². The Kier molecular flexibility index (Phi) is 6.20. The molecule has 3 aliphatic heterocycles. The van der Waals surface area contributed by atoms with Crippen LogP contribution in [0.15, 0.2) is 5.38 Å². The van der Waals surface area contributed by atoms with Crippen molar-refractivity contribution >= 4 is 17.2 Å². The Hall–Kier alpha value is -1.33. The maximum absolute atomic E-state index is 14.4. The molecule has 34 heavy (non-hydrogen) atoms. The van der Waals surface area contributed by atoms with Crippen LogP contribution in [0.2, 0.25) is 0 Å². The van der Waals surface area contributed by atoms with Crippen molar-refractivity contribution < 1.29 is 31.5 Å². The highest BCUT2D eigenvalue weighted by Crippen LogP contribution is 2.50. The van der Waals surface area contributed by atoms with Gasteiger partial charge in [0.15, 0.2) is 0 Å². The van der Waals surface area contributed by atoms with Gasteiger partial charge in [0.05, 0.1) is 23.9 Å². The molecule has 0 unspecified atom stereocenters. The molecule has 2 atom stereocenters. The zero-order valence-electron chi connectivity index (χ0n) is 18.9. The van der Waals surface area contributed by atoms with E-state index in [9.17, 15) is 26.7 Å². The predicted molar refractivity (Wildman–Crippen MR) is 116 cm³/mol. The topological polar surface area (TPSA) is 54.5 Å². The summed E-state index contributed by atoms with van der Waals surface area (Å²) in [5, 5.41) is 4.84. The minimum atomic E-state index is -4.51. The molecule has 1 spiro atoms. The van der Waals surface area contributed by atoms with Gasteiger partial charge in [0, 0.05) is 50.2 Å². The van der Waals surface area contributed by atoms with Gasteiger partial charge >= 0.3 is 6.18 Å². The van der Waals surface area contributed by atoms with E-state index < -0.39 is 17.5 Å². The number of piperidine rings is 2. The van der Waals surface area contributed by atoms with Crippen molar-refractivity contribution in [2.24, 2.45) is 0 Å². The van der Waals surface area contributed by atoms with Crippen molar-refractivity contribution in [3.05, 3.63) is 16.1 Å². The number of nitrogens with zero attached hydrogens (tertiary/aromatic N) is 2. The maximum Gasteiger partial charge on any atom is 0.400 e. The van der Waals surface area contributed by atoms with Gasteiger partial charge in [-0.3, -0.25) is 4.79 Å². The standard InChI is InChI=1S/C23H30F5N3O2S/c24-22(25)5-1-15(2-6-22)17-13-34-19(30-17)21(23(26,27)28)7-10-31(11-8-21)18(32)16-3-4-20(14-29-16)9-12-33-20/h13,15-16,29H,1-12,14H2/t16-,20+/m0/s1. The lowest BCUT2D eigenvalue weighted by Crippen LogP contribution is -2.62. The Balaban J connectivity index is 1.25. The van der Waals surface area contributed by atoms with E-state index in [1.54, 1.807) is 10.3 Å². The molecule has 190 valence electrons. The second-order valence-corrected chi connectivity index (χ2v) is 11.2. The molecule has 1 aromatic rings. The van der Waals surface area contributed by atoms with Gasteiger partial charge in [0.25, 0.3) is 0 Å². The summed E-state index contributed by atoms with van der Waals surface area (Å²) < 4.78 is 75.8. The zero-order valence-corrected chi connectivity index (χ0v) is 19.7. The van der Waals surface area contributed by atoms with E-state index in [0.29, 0.717) is 18.7 Å². The van der Waals surface area contributed by atoms with Gasteiger partial charge in [-0.1, -0.05) is 0 Å². The minimum Gasteiger partial charge on any atom is -0.373 e. The van der Waals surface area contributed by atoms with Crippen LogP contribution in [0.5, 0.6) is 0 Å². The van der Waals surface area contributed by atoms with Crippen molar-refractivity contribution in [1.29, 1.82) is 0 Å². The SMILES string of the molecule is O=C([C@@H]1CC[C@@]2(CCO2)CN1)N1CCC(c2nc(C3CCC(F)(F)CC3)cs2)(C(F)(F)F)CC1.